The smallest absolute Gasteiger partial charge is 0.232 e. The molecule has 1 rings (SSSR count). The van der Waals surface area contributed by atoms with Gasteiger partial charge in [-0.3, -0.25) is 4.72 Å². The van der Waals surface area contributed by atoms with Crippen LogP contribution in [-0.2, 0) is 10.0 Å². The number of hydrogen-bond donors (Lipinski definition) is 2. The van der Waals surface area contributed by atoms with Crippen molar-refractivity contribution < 1.29 is 8.42 Å². The number of hydrogen-bond acceptors (Lipinski definition) is 3. The van der Waals surface area contributed by atoms with Gasteiger partial charge in [0.15, 0.2) is 0 Å². The monoisotopic (exact) mass is 304 g/mol. The number of anilines is 1. The molecular weight excluding hydrogens is 284 g/mol. The van der Waals surface area contributed by atoms with Crippen LogP contribution in [0.2, 0.25) is 5.02 Å². The minimum Gasteiger partial charge on any atom is -0.315 e. The molecule has 0 bridgehead atoms. The Morgan fingerprint density at radius 3 is 2.53 bits per heavy atom. The summed E-state index contributed by atoms with van der Waals surface area (Å²) in [5.41, 5.74) is 0.435. The first-order valence-electron chi connectivity index (χ1n) is 6.39. The quantitative estimate of drug-likeness (QED) is 0.726. The van der Waals surface area contributed by atoms with E-state index in [4.69, 9.17) is 11.6 Å². The zero-order chi connectivity index (χ0) is 14.3. The molecule has 108 valence electrons. The van der Waals surface area contributed by atoms with E-state index in [0.29, 0.717) is 23.2 Å². The molecule has 0 unspecified atom stereocenters. The van der Waals surface area contributed by atoms with Crippen LogP contribution in [0.3, 0.4) is 0 Å². The average Bonchev–Trinajstić information content (AvgIpc) is 2.31. The summed E-state index contributed by atoms with van der Waals surface area (Å²) in [6.07, 6.45) is 1.46. The van der Waals surface area contributed by atoms with E-state index in [2.05, 4.69) is 23.9 Å². The van der Waals surface area contributed by atoms with Gasteiger partial charge in [-0.1, -0.05) is 37.6 Å². The summed E-state index contributed by atoms with van der Waals surface area (Å²) >= 11 is 5.91. The third kappa shape index (κ3) is 6.80. The standard InChI is InChI=1S/C13H21ClN2O2S/c1-11(2)15-9-5-6-10-19(17,18)16-13-8-4-3-7-12(13)14/h3-4,7-8,11,15-16H,5-6,9-10H2,1-2H3. The lowest BCUT2D eigenvalue weighted by Gasteiger charge is -2.10. The Bertz CT molecular complexity index is 489. The van der Waals surface area contributed by atoms with Gasteiger partial charge in [0.25, 0.3) is 0 Å². The number of benzene rings is 1. The predicted octanol–water partition coefficient (Wildman–Crippen LogP) is 2.86. The summed E-state index contributed by atoms with van der Waals surface area (Å²) in [6, 6.07) is 7.25. The Kier molecular flexibility index (Phi) is 6.62. The summed E-state index contributed by atoms with van der Waals surface area (Å²) in [6.45, 7) is 4.96. The highest BCUT2D eigenvalue weighted by Crippen LogP contribution is 2.21. The molecule has 0 amide bonds. The Morgan fingerprint density at radius 1 is 1.21 bits per heavy atom. The molecule has 0 aromatic heterocycles. The van der Waals surface area contributed by atoms with Gasteiger partial charge in [-0.2, -0.15) is 0 Å². The molecule has 19 heavy (non-hydrogen) atoms. The Hall–Kier alpha value is -0.780. The first-order chi connectivity index (χ1) is 8.91. The van der Waals surface area contributed by atoms with Gasteiger partial charge in [-0.25, -0.2) is 8.42 Å². The maximum atomic E-state index is 11.9. The van der Waals surface area contributed by atoms with Gasteiger partial charge in [-0.05, 0) is 31.5 Å². The number of nitrogens with one attached hydrogen (secondary N) is 2. The second-order valence-corrected chi connectivity index (χ2v) is 6.97. The molecule has 0 spiro atoms. The number of halogens is 1. The van der Waals surface area contributed by atoms with Crippen molar-refractivity contribution in [3.63, 3.8) is 0 Å². The van der Waals surface area contributed by atoms with Gasteiger partial charge < -0.3 is 5.32 Å². The van der Waals surface area contributed by atoms with Crippen LogP contribution in [-0.4, -0.2) is 26.8 Å². The fourth-order valence-electron chi connectivity index (χ4n) is 1.57. The highest BCUT2D eigenvalue weighted by molar-refractivity contribution is 7.92. The van der Waals surface area contributed by atoms with E-state index in [1.165, 1.54) is 0 Å². The fraction of sp³-hybridized carbons (Fsp3) is 0.538. The Morgan fingerprint density at radius 2 is 1.89 bits per heavy atom. The van der Waals surface area contributed by atoms with E-state index >= 15 is 0 Å². The van der Waals surface area contributed by atoms with Gasteiger partial charge in [0.2, 0.25) is 10.0 Å². The topological polar surface area (TPSA) is 58.2 Å². The number of unbranched alkanes of at least 4 members (excludes halogenated alkanes) is 1. The lowest BCUT2D eigenvalue weighted by molar-refractivity contribution is 0.561. The van der Waals surface area contributed by atoms with Crippen LogP contribution in [0.4, 0.5) is 5.69 Å². The van der Waals surface area contributed by atoms with E-state index in [-0.39, 0.29) is 5.75 Å². The number of rotatable bonds is 8. The van der Waals surface area contributed by atoms with Crippen LogP contribution >= 0.6 is 11.6 Å². The lowest BCUT2D eigenvalue weighted by atomic mass is 10.3. The average molecular weight is 305 g/mol. The minimum atomic E-state index is -3.32. The second-order valence-electron chi connectivity index (χ2n) is 4.72. The molecule has 0 saturated heterocycles. The predicted molar refractivity (Wildman–Crippen MR) is 81.2 cm³/mol. The first-order valence-corrected chi connectivity index (χ1v) is 8.42. The molecule has 0 aliphatic rings. The van der Waals surface area contributed by atoms with Crippen molar-refractivity contribution in [2.45, 2.75) is 32.7 Å². The molecule has 0 radical (unpaired) electrons. The maximum Gasteiger partial charge on any atom is 0.232 e. The van der Waals surface area contributed by atoms with Crippen molar-refractivity contribution >= 4 is 27.3 Å². The normalized spacial score (nSPS) is 11.8. The summed E-state index contributed by atoms with van der Waals surface area (Å²) in [7, 11) is -3.32. The van der Waals surface area contributed by atoms with E-state index in [0.717, 1.165) is 13.0 Å². The van der Waals surface area contributed by atoms with Crippen LogP contribution in [0.25, 0.3) is 0 Å². The minimum absolute atomic E-state index is 0.109. The lowest BCUT2D eigenvalue weighted by Crippen LogP contribution is -2.24. The Balaban J connectivity index is 2.38. The zero-order valence-corrected chi connectivity index (χ0v) is 12.9. The number of sulfonamides is 1. The molecule has 1 aromatic carbocycles. The SMILES string of the molecule is CC(C)NCCCCS(=O)(=O)Nc1ccccc1Cl. The van der Waals surface area contributed by atoms with E-state index in [9.17, 15) is 8.42 Å². The van der Waals surface area contributed by atoms with Gasteiger partial charge >= 0.3 is 0 Å². The van der Waals surface area contributed by atoms with Crippen LogP contribution in [0, 0.1) is 0 Å². The number of para-hydroxylation sites is 1. The van der Waals surface area contributed by atoms with Crippen LogP contribution < -0.4 is 10.0 Å². The molecule has 0 aliphatic carbocycles. The second kappa shape index (κ2) is 7.72. The third-order valence-corrected chi connectivity index (χ3v) is 4.22. The van der Waals surface area contributed by atoms with Gasteiger partial charge in [0.05, 0.1) is 16.5 Å². The van der Waals surface area contributed by atoms with Gasteiger partial charge in [0, 0.05) is 6.04 Å². The highest BCUT2D eigenvalue weighted by Gasteiger charge is 2.11. The molecule has 0 aliphatic heterocycles. The molecular formula is C13H21ClN2O2S. The summed E-state index contributed by atoms with van der Waals surface area (Å²) in [5, 5.41) is 3.66. The van der Waals surface area contributed by atoms with Crippen LogP contribution in [0.5, 0.6) is 0 Å². The third-order valence-electron chi connectivity index (χ3n) is 2.53. The molecule has 6 heteroatoms. The summed E-state index contributed by atoms with van der Waals surface area (Å²) < 4.78 is 26.2. The van der Waals surface area contributed by atoms with Crippen molar-refractivity contribution in [1.82, 2.24) is 5.32 Å². The molecule has 0 fully saturated rings. The van der Waals surface area contributed by atoms with Crippen LogP contribution in [0.1, 0.15) is 26.7 Å². The van der Waals surface area contributed by atoms with Crippen LogP contribution in [0.15, 0.2) is 24.3 Å². The molecule has 1 aromatic rings. The summed E-state index contributed by atoms with van der Waals surface area (Å²) in [4.78, 5) is 0. The molecule has 0 heterocycles. The summed E-state index contributed by atoms with van der Waals surface area (Å²) in [5.74, 6) is 0.109. The van der Waals surface area contributed by atoms with E-state index in [1.54, 1.807) is 24.3 Å². The fourth-order valence-corrected chi connectivity index (χ4v) is 3.01. The van der Waals surface area contributed by atoms with E-state index in [1.807, 2.05) is 0 Å². The van der Waals surface area contributed by atoms with E-state index < -0.39 is 10.0 Å². The first kappa shape index (κ1) is 16.3. The zero-order valence-electron chi connectivity index (χ0n) is 11.3. The maximum absolute atomic E-state index is 11.9. The molecule has 0 saturated carbocycles. The van der Waals surface area contributed by atoms with Crippen molar-refractivity contribution in [3.8, 4) is 0 Å². The van der Waals surface area contributed by atoms with Crippen molar-refractivity contribution in [2.75, 3.05) is 17.0 Å². The largest absolute Gasteiger partial charge is 0.315 e. The Labute approximate surface area is 120 Å². The van der Waals surface area contributed by atoms with Crippen molar-refractivity contribution in [2.24, 2.45) is 0 Å². The van der Waals surface area contributed by atoms with Gasteiger partial charge in [-0.15, -0.1) is 0 Å². The molecule has 2 N–H and O–H groups in total. The van der Waals surface area contributed by atoms with Crippen molar-refractivity contribution in [1.29, 1.82) is 0 Å². The highest BCUT2D eigenvalue weighted by atomic mass is 35.5. The van der Waals surface area contributed by atoms with Gasteiger partial charge in [0.1, 0.15) is 0 Å². The molecule has 4 nitrogen and oxygen atoms in total. The molecule has 0 atom stereocenters. The van der Waals surface area contributed by atoms with Crippen molar-refractivity contribution in [3.05, 3.63) is 29.3 Å².